The first-order chi connectivity index (χ1) is 15.4. The van der Waals surface area contributed by atoms with E-state index in [1.807, 2.05) is 37.3 Å². The fraction of sp³-hybridized carbons (Fsp3) is 0.231. The lowest BCUT2D eigenvalue weighted by atomic mass is 10.0. The Labute approximate surface area is 190 Å². The second-order valence-corrected chi connectivity index (χ2v) is 8.64. The molecule has 0 unspecified atom stereocenters. The van der Waals surface area contributed by atoms with Crippen LogP contribution in [0.1, 0.15) is 36.7 Å². The standard InChI is InChI=1S/C26H24F3NO3/c1-16-7-5-8-17(11-16)18-9-6-10-20(12-18)30(15-23(31)33-26(2,3)4)25(32)24-21(28)13-19(27)14-22(24)29/h5-14H,15H2,1-4H3. The predicted molar refractivity (Wildman–Crippen MR) is 120 cm³/mol. The summed E-state index contributed by atoms with van der Waals surface area (Å²) in [5, 5.41) is 0. The predicted octanol–water partition coefficient (Wildman–Crippen LogP) is 6.07. The van der Waals surface area contributed by atoms with E-state index in [1.54, 1.807) is 39.0 Å². The highest BCUT2D eigenvalue weighted by Gasteiger charge is 2.29. The van der Waals surface area contributed by atoms with Gasteiger partial charge in [-0.3, -0.25) is 14.5 Å². The van der Waals surface area contributed by atoms with E-state index < -0.39 is 47.0 Å². The van der Waals surface area contributed by atoms with Crippen molar-refractivity contribution in [2.75, 3.05) is 11.4 Å². The summed E-state index contributed by atoms with van der Waals surface area (Å²) < 4.78 is 47.5. The lowest BCUT2D eigenvalue weighted by Crippen LogP contribution is -2.39. The van der Waals surface area contributed by atoms with Crippen molar-refractivity contribution in [1.82, 2.24) is 0 Å². The summed E-state index contributed by atoms with van der Waals surface area (Å²) in [4.78, 5) is 26.7. The van der Waals surface area contributed by atoms with Gasteiger partial charge in [-0.1, -0.05) is 42.0 Å². The van der Waals surface area contributed by atoms with Crippen molar-refractivity contribution >= 4 is 17.6 Å². The third-order valence-corrected chi connectivity index (χ3v) is 4.68. The molecule has 0 fully saturated rings. The van der Waals surface area contributed by atoms with Gasteiger partial charge in [0.15, 0.2) is 0 Å². The SMILES string of the molecule is Cc1cccc(-c2cccc(N(CC(=O)OC(C)(C)C)C(=O)c3c(F)cc(F)cc3F)c2)c1. The molecular weight excluding hydrogens is 431 g/mol. The summed E-state index contributed by atoms with van der Waals surface area (Å²) >= 11 is 0. The summed E-state index contributed by atoms with van der Waals surface area (Å²) in [6, 6.07) is 15.1. The van der Waals surface area contributed by atoms with Crippen LogP contribution in [0.5, 0.6) is 0 Å². The van der Waals surface area contributed by atoms with Crippen LogP contribution in [0.25, 0.3) is 11.1 Å². The number of hydrogen-bond acceptors (Lipinski definition) is 3. The molecule has 0 N–H and O–H groups in total. The normalized spacial score (nSPS) is 11.2. The number of ether oxygens (including phenoxy) is 1. The molecule has 0 spiro atoms. The van der Waals surface area contributed by atoms with Crippen LogP contribution in [-0.4, -0.2) is 24.0 Å². The molecule has 0 saturated heterocycles. The minimum Gasteiger partial charge on any atom is -0.459 e. The maximum absolute atomic E-state index is 14.4. The van der Waals surface area contributed by atoms with Gasteiger partial charge in [-0.2, -0.15) is 0 Å². The Balaban J connectivity index is 2.07. The monoisotopic (exact) mass is 455 g/mol. The summed E-state index contributed by atoms with van der Waals surface area (Å²) in [7, 11) is 0. The third-order valence-electron chi connectivity index (χ3n) is 4.68. The van der Waals surface area contributed by atoms with Crippen LogP contribution in [0.15, 0.2) is 60.7 Å². The molecule has 0 atom stereocenters. The van der Waals surface area contributed by atoms with Gasteiger partial charge in [0.2, 0.25) is 0 Å². The number of amides is 1. The largest absolute Gasteiger partial charge is 0.459 e. The Morgan fingerprint density at radius 2 is 1.45 bits per heavy atom. The van der Waals surface area contributed by atoms with E-state index in [1.165, 1.54) is 0 Å². The molecule has 3 aromatic carbocycles. The number of halogens is 3. The lowest BCUT2D eigenvalue weighted by Gasteiger charge is -2.26. The number of hydrogen-bond donors (Lipinski definition) is 0. The van der Waals surface area contributed by atoms with Crippen molar-refractivity contribution < 1.29 is 27.5 Å². The molecule has 0 bridgehead atoms. The molecule has 0 aliphatic rings. The molecule has 0 saturated carbocycles. The zero-order chi connectivity index (χ0) is 24.3. The molecule has 3 aromatic rings. The second-order valence-electron chi connectivity index (χ2n) is 8.64. The van der Waals surface area contributed by atoms with Crippen LogP contribution in [-0.2, 0) is 9.53 Å². The topological polar surface area (TPSA) is 46.6 Å². The van der Waals surface area contributed by atoms with E-state index in [0.717, 1.165) is 21.6 Å². The average molecular weight is 455 g/mol. The van der Waals surface area contributed by atoms with Gasteiger partial charge in [-0.15, -0.1) is 0 Å². The molecule has 1 amide bonds. The smallest absolute Gasteiger partial charge is 0.326 e. The number of esters is 1. The maximum atomic E-state index is 14.4. The van der Waals surface area contributed by atoms with Crippen molar-refractivity contribution in [3.63, 3.8) is 0 Å². The first-order valence-corrected chi connectivity index (χ1v) is 10.3. The van der Waals surface area contributed by atoms with Gasteiger partial charge in [0.25, 0.3) is 5.91 Å². The minimum atomic E-state index is -1.36. The molecule has 172 valence electrons. The second kappa shape index (κ2) is 9.48. The van der Waals surface area contributed by atoms with Gasteiger partial charge in [-0.25, -0.2) is 13.2 Å². The summed E-state index contributed by atoms with van der Waals surface area (Å²) in [6.45, 7) is 6.33. The molecule has 0 radical (unpaired) electrons. The maximum Gasteiger partial charge on any atom is 0.326 e. The van der Waals surface area contributed by atoms with Crippen molar-refractivity contribution in [2.24, 2.45) is 0 Å². The molecule has 0 heterocycles. The molecule has 4 nitrogen and oxygen atoms in total. The van der Waals surface area contributed by atoms with E-state index in [9.17, 15) is 22.8 Å². The first kappa shape index (κ1) is 24.0. The van der Waals surface area contributed by atoms with Crippen LogP contribution in [0.2, 0.25) is 0 Å². The van der Waals surface area contributed by atoms with Crippen LogP contribution >= 0.6 is 0 Å². The number of aryl methyl sites for hydroxylation is 1. The van der Waals surface area contributed by atoms with Gasteiger partial charge >= 0.3 is 5.97 Å². The van der Waals surface area contributed by atoms with E-state index in [-0.39, 0.29) is 5.69 Å². The molecule has 0 aliphatic heterocycles. The zero-order valence-corrected chi connectivity index (χ0v) is 18.8. The summed E-state index contributed by atoms with van der Waals surface area (Å²) in [6.07, 6.45) is 0. The molecule has 0 aliphatic carbocycles. The number of benzene rings is 3. The van der Waals surface area contributed by atoms with Gasteiger partial charge in [0.05, 0.1) is 0 Å². The van der Waals surface area contributed by atoms with E-state index in [0.29, 0.717) is 12.1 Å². The minimum absolute atomic E-state index is 0.230. The highest BCUT2D eigenvalue weighted by atomic mass is 19.1. The van der Waals surface area contributed by atoms with E-state index in [2.05, 4.69) is 0 Å². The molecule has 0 aromatic heterocycles. The van der Waals surface area contributed by atoms with Crippen LogP contribution in [0.3, 0.4) is 0 Å². The Morgan fingerprint density at radius 3 is 2.03 bits per heavy atom. The van der Waals surface area contributed by atoms with Crippen LogP contribution in [0, 0.1) is 24.4 Å². The van der Waals surface area contributed by atoms with Gasteiger partial charge in [-0.05, 0) is 51.0 Å². The Kier molecular flexibility index (Phi) is 6.91. The van der Waals surface area contributed by atoms with Gasteiger partial charge in [0.1, 0.15) is 35.2 Å². The quantitative estimate of drug-likeness (QED) is 0.439. The fourth-order valence-corrected chi connectivity index (χ4v) is 3.34. The summed E-state index contributed by atoms with van der Waals surface area (Å²) in [5.74, 6) is -5.76. The molecule has 33 heavy (non-hydrogen) atoms. The number of rotatable bonds is 5. The molecule has 7 heteroatoms. The number of anilines is 1. The highest BCUT2D eigenvalue weighted by Crippen LogP contribution is 2.28. The van der Waals surface area contributed by atoms with Crippen molar-refractivity contribution in [3.8, 4) is 11.1 Å². The summed E-state index contributed by atoms with van der Waals surface area (Å²) in [5.41, 5.74) is 1.06. The third kappa shape index (κ3) is 6.00. The number of carbonyl (C=O) groups excluding carboxylic acids is 2. The van der Waals surface area contributed by atoms with Crippen LogP contribution < -0.4 is 4.90 Å². The van der Waals surface area contributed by atoms with Gasteiger partial charge in [0, 0.05) is 17.8 Å². The van der Waals surface area contributed by atoms with Crippen LogP contribution in [0.4, 0.5) is 18.9 Å². The Hall–Kier alpha value is -3.61. The lowest BCUT2D eigenvalue weighted by molar-refractivity contribution is -0.152. The first-order valence-electron chi connectivity index (χ1n) is 10.3. The van der Waals surface area contributed by atoms with Crippen molar-refractivity contribution in [3.05, 3.63) is 89.2 Å². The molecular formula is C26H24F3NO3. The zero-order valence-electron chi connectivity index (χ0n) is 18.8. The number of carbonyl (C=O) groups is 2. The van der Waals surface area contributed by atoms with Crippen molar-refractivity contribution in [2.45, 2.75) is 33.3 Å². The Morgan fingerprint density at radius 1 is 0.879 bits per heavy atom. The fourth-order valence-electron chi connectivity index (χ4n) is 3.34. The van der Waals surface area contributed by atoms with E-state index >= 15 is 0 Å². The average Bonchev–Trinajstić information content (AvgIpc) is 2.70. The van der Waals surface area contributed by atoms with Crippen molar-refractivity contribution in [1.29, 1.82) is 0 Å². The highest BCUT2D eigenvalue weighted by molar-refractivity contribution is 6.09. The number of nitrogens with zero attached hydrogens (tertiary/aromatic N) is 1. The van der Waals surface area contributed by atoms with E-state index in [4.69, 9.17) is 4.74 Å². The molecule has 3 rings (SSSR count). The van der Waals surface area contributed by atoms with Gasteiger partial charge < -0.3 is 4.74 Å². The Bertz CT molecular complexity index is 1180.